The number of aliphatic carboxylic acids is 1. The quantitative estimate of drug-likeness (QED) is 0.387. The van der Waals surface area contributed by atoms with E-state index in [9.17, 15) is 9.90 Å². The van der Waals surface area contributed by atoms with Crippen molar-refractivity contribution in [1.82, 2.24) is 0 Å². The summed E-state index contributed by atoms with van der Waals surface area (Å²) in [6, 6.07) is 0. The Balaban J connectivity index is 3.22. The molecule has 3 nitrogen and oxygen atoms in total. The Hall–Kier alpha value is -0.830. The standard InChI is InChI=1S/C16H30O3/c1-2-3-4-5-6-7-8-9-10-11-12-13-15(17)14-16(18)19/h12-13,15,17H,2-11,14H2,1H3,(H,18,19). The van der Waals surface area contributed by atoms with Crippen LogP contribution in [0.4, 0.5) is 0 Å². The van der Waals surface area contributed by atoms with E-state index in [1.807, 2.05) is 6.08 Å². The zero-order valence-electron chi connectivity index (χ0n) is 12.3. The van der Waals surface area contributed by atoms with Crippen LogP contribution in [0.1, 0.15) is 77.6 Å². The van der Waals surface area contributed by atoms with Crippen LogP contribution in [0.5, 0.6) is 0 Å². The van der Waals surface area contributed by atoms with E-state index in [1.165, 1.54) is 51.4 Å². The van der Waals surface area contributed by atoms with Crippen molar-refractivity contribution >= 4 is 5.97 Å². The minimum Gasteiger partial charge on any atom is -0.481 e. The third-order valence-electron chi connectivity index (χ3n) is 3.22. The van der Waals surface area contributed by atoms with Gasteiger partial charge in [-0.15, -0.1) is 0 Å². The van der Waals surface area contributed by atoms with Crippen molar-refractivity contribution in [3.05, 3.63) is 12.2 Å². The summed E-state index contributed by atoms with van der Waals surface area (Å²) < 4.78 is 0. The van der Waals surface area contributed by atoms with Gasteiger partial charge in [-0.1, -0.05) is 70.4 Å². The SMILES string of the molecule is CCCCCCCCCCCC=CC(O)CC(=O)O. The number of aliphatic hydroxyl groups is 1. The molecule has 0 aromatic carbocycles. The van der Waals surface area contributed by atoms with Crippen LogP contribution in [0.2, 0.25) is 0 Å². The van der Waals surface area contributed by atoms with Crippen molar-refractivity contribution < 1.29 is 15.0 Å². The lowest BCUT2D eigenvalue weighted by atomic mass is 10.1. The minimum atomic E-state index is -0.958. The third kappa shape index (κ3) is 15.1. The second-order valence-electron chi connectivity index (χ2n) is 5.21. The van der Waals surface area contributed by atoms with Crippen LogP contribution in [-0.4, -0.2) is 22.3 Å². The largest absolute Gasteiger partial charge is 0.481 e. The number of carboxylic acid groups (broad SMARTS) is 1. The molecule has 1 atom stereocenters. The third-order valence-corrected chi connectivity index (χ3v) is 3.22. The molecule has 3 heteroatoms. The molecule has 2 N–H and O–H groups in total. The van der Waals surface area contributed by atoms with Gasteiger partial charge in [0.05, 0.1) is 12.5 Å². The Morgan fingerprint density at radius 1 is 1.00 bits per heavy atom. The molecule has 0 rings (SSSR count). The molecule has 0 bridgehead atoms. The molecule has 0 aliphatic carbocycles. The lowest BCUT2D eigenvalue weighted by Gasteiger charge is -2.01. The van der Waals surface area contributed by atoms with E-state index in [0.29, 0.717) is 0 Å². The lowest BCUT2D eigenvalue weighted by Crippen LogP contribution is -2.09. The van der Waals surface area contributed by atoms with Crippen LogP contribution in [-0.2, 0) is 4.79 Å². The summed E-state index contributed by atoms with van der Waals surface area (Å²) in [4.78, 5) is 10.3. The summed E-state index contributed by atoms with van der Waals surface area (Å²) in [6.45, 7) is 2.24. The summed E-state index contributed by atoms with van der Waals surface area (Å²) in [5, 5.41) is 17.8. The molecule has 0 saturated heterocycles. The van der Waals surface area contributed by atoms with Crippen molar-refractivity contribution in [3.8, 4) is 0 Å². The van der Waals surface area contributed by atoms with Crippen molar-refractivity contribution in [2.75, 3.05) is 0 Å². The number of unbranched alkanes of at least 4 members (excludes halogenated alkanes) is 9. The molecule has 19 heavy (non-hydrogen) atoms. The van der Waals surface area contributed by atoms with E-state index in [2.05, 4.69) is 6.92 Å². The smallest absolute Gasteiger partial charge is 0.306 e. The van der Waals surface area contributed by atoms with Gasteiger partial charge < -0.3 is 10.2 Å². The molecule has 0 aromatic heterocycles. The van der Waals surface area contributed by atoms with Crippen LogP contribution in [0, 0.1) is 0 Å². The highest BCUT2D eigenvalue weighted by molar-refractivity contribution is 5.67. The summed E-state index contributed by atoms with van der Waals surface area (Å²) in [5.41, 5.74) is 0. The van der Waals surface area contributed by atoms with E-state index in [-0.39, 0.29) is 6.42 Å². The number of allylic oxidation sites excluding steroid dienone is 1. The van der Waals surface area contributed by atoms with Gasteiger partial charge in [-0.05, 0) is 12.8 Å². The second-order valence-corrected chi connectivity index (χ2v) is 5.21. The summed E-state index contributed by atoms with van der Waals surface area (Å²) in [5.74, 6) is -0.958. The van der Waals surface area contributed by atoms with Gasteiger partial charge >= 0.3 is 5.97 Å². The van der Waals surface area contributed by atoms with Gasteiger partial charge in [0.2, 0.25) is 0 Å². The number of carbonyl (C=O) groups is 1. The molecule has 1 unspecified atom stereocenters. The number of aliphatic hydroxyl groups excluding tert-OH is 1. The molecular formula is C16H30O3. The number of hydrogen-bond acceptors (Lipinski definition) is 2. The lowest BCUT2D eigenvalue weighted by molar-refractivity contribution is -0.138. The van der Waals surface area contributed by atoms with Gasteiger partial charge in [-0.2, -0.15) is 0 Å². The maximum Gasteiger partial charge on any atom is 0.306 e. The molecule has 0 saturated carbocycles. The fraction of sp³-hybridized carbons (Fsp3) is 0.812. The monoisotopic (exact) mass is 270 g/mol. The Labute approximate surface area is 117 Å². The normalized spacial score (nSPS) is 12.9. The Bertz CT molecular complexity index is 236. The number of carboxylic acids is 1. The fourth-order valence-corrected chi connectivity index (χ4v) is 2.07. The number of rotatable bonds is 13. The van der Waals surface area contributed by atoms with Crippen LogP contribution >= 0.6 is 0 Å². The van der Waals surface area contributed by atoms with Gasteiger partial charge in [-0.25, -0.2) is 0 Å². The highest BCUT2D eigenvalue weighted by atomic mass is 16.4. The summed E-state index contributed by atoms with van der Waals surface area (Å²) in [7, 11) is 0. The van der Waals surface area contributed by atoms with Gasteiger partial charge in [-0.3, -0.25) is 4.79 Å². The summed E-state index contributed by atoms with van der Waals surface area (Å²) in [6.07, 6.45) is 15.1. The highest BCUT2D eigenvalue weighted by Gasteiger charge is 2.04. The van der Waals surface area contributed by atoms with Gasteiger partial charge in [0.1, 0.15) is 0 Å². The van der Waals surface area contributed by atoms with Crippen LogP contribution in [0.15, 0.2) is 12.2 Å². The van der Waals surface area contributed by atoms with Gasteiger partial charge in [0, 0.05) is 0 Å². The predicted molar refractivity (Wildman–Crippen MR) is 79.2 cm³/mol. The minimum absolute atomic E-state index is 0.200. The van der Waals surface area contributed by atoms with E-state index in [0.717, 1.165) is 12.8 Å². The first kappa shape index (κ1) is 18.2. The predicted octanol–water partition coefficient (Wildman–Crippen LogP) is 4.30. The Kier molecular flexibility index (Phi) is 13.0. The van der Waals surface area contributed by atoms with Crippen LogP contribution in [0.3, 0.4) is 0 Å². The maximum atomic E-state index is 10.3. The highest BCUT2D eigenvalue weighted by Crippen LogP contribution is 2.10. The Morgan fingerprint density at radius 3 is 2.05 bits per heavy atom. The first-order valence-corrected chi connectivity index (χ1v) is 7.73. The molecule has 0 aliphatic rings. The van der Waals surface area contributed by atoms with Gasteiger partial charge in [0.15, 0.2) is 0 Å². The fourth-order valence-electron chi connectivity index (χ4n) is 2.07. The van der Waals surface area contributed by atoms with Crippen molar-refractivity contribution in [1.29, 1.82) is 0 Å². The van der Waals surface area contributed by atoms with Crippen molar-refractivity contribution in [2.24, 2.45) is 0 Å². The molecule has 0 aliphatic heterocycles. The molecule has 0 spiro atoms. The Morgan fingerprint density at radius 2 is 1.53 bits per heavy atom. The topological polar surface area (TPSA) is 57.5 Å². The second kappa shape index (κ2) is 13.6. The zero-order valence-corrected chi connectivity index (χ0v) is 12.3. The first-order valence-electron chi connectivity index (χ1n) is 7.73. The molecule has 0 heterocycles. The van der Waals surface area contributed by atoms with E-state index in [4.69, 9.17) is 5.11 Å². The summed E-state index contributed by atoms with van der Waals surface area (Å²) >= 11 is 0. The van der Waals surface area contributed by atoms with Crippen molar-refractivity contribution in [2.45, 2.75) is 83.7 Å². The molecular weight excluding hydrogens is 240 g/mol. The van der Waals surface area contributed by atoms with Gasteiger partial charge in [0.25, 0.3) is 0 Å². The average molecular weight is 270 g/mol. The first-order chi connectivity index (χ1) is 9.16. The zero-order chi connectivity index (χ0) is 14.3. The molecule has 112 valence electrons. The maximum absolute atomic E-state index is 10.3. The van der Waals surface area contributed by atoms with Crippen molar-refractivity contribution in [3.63, 3.8) is 0 Å². The van der Waals surface area contributed by atoms with Crippen LogP contribution < -0.4 is 0 Å². The van der Waals surface area contributed by atoms with E-state index in [1.54, 1.807) is 6.08 Å². The molecule has 0 radical (unpaired) electrons. The molecule has 0 amide bonds. The van der Waals surface area contributed by atoms with E-state index < -0.39 is 12.1 Å². The molecule has 0 aromatic rings. The molecule has 0 fully saturated rings. The van der Waals surface area contributed by atoms with Crippen LogP contribution in [0.25, 0.3) is 0 Å². The van der Waals surface area contributed by atoms with E-state index >= 15 is 0 Å². The average Bonchev–Trinajstić information content (AvgIpc) is 2.35. The number of hydrogen-bond donors (Lipinski definition) is 2.